The maximum Gasteiger partial charge on any atom is 0.231 e. The van der Waals surface area contributed by atoms with Crippen LogP contribution in [-0.4, -0.2) is 11.9 Å². The van der Waals surface area contributed by atoms with Crippen molar-refractivity contribution < 1.29 is 14.0 Å². The van der Waals surface area contributed by atoms with Crippen LogP contribution in [-0.2, 0) is 0 Å². The Morgan fingerprint density at radius 3 is 2.88 bits per heavy atom. The molecule has 2 heterocycles. The van der Waals surface area contributed by atoms with Gasteiger partial charge in [-0.15, -0.1) is 0 Å². The van der Waals surface area contributed by atoms with E-state index in [1.807, 2.05) is 13.0 Å². The van der Waals surface area contributed by atoms with Crippen molar-refractivity contribution in [3.63, 3.8) is 0 Å². The zero-order valence-corrected chi connectivity index (χ0v) is 10.6. The van der Waals surface area contributed by atoms with Crippen molar-refractivity contribution in [2.24, 2.45) is 0 Å². The Morgan fingerprint density at radius 1 is 1.35 bits per heavy atom. The molecule has 1 aromatic heterocycles. The third-order valence-electron chi connectivity index (χ3n) is 2.71. The summed E-state index contributed by atoms with van der Waals surface area (Å²) >= 11 is 3.53. The van der Waals surface area contributed by atoms with Gasteiger partial charge in [-0.2, -0.15) is 0 Å². The van der Waals surface area contributed by atoms with Crippen LogP contribution in [0.5, 0.6) is 11.5 Å². The van der Waals surface area contributed by atoms with Gasteiger partial charge < -0.3 is 19.7 Å². The zero-order chi connectivity index (χ0) is 12.0. The minimum absolute atomic E-state index is 0.241. The number of aromatic nitrogens is 1. The molecule has 2 N–H and O–H groups in total. The van der Waals surface area contributed by atoms with Crippen LogP contribution >= 0.6 is 15.9 Å². The number of hydrogen-bond donors (Lipinski definition) is 1. The lowest BCUT2D eigenvalue weighted by atomic mass is 10.0. The van der Waals surface area contributed by atoms with E-state index in [4.69, 9.17) is 19.7 Å². The van der Waals surface area contributed by atoms with E-state index in [-0.39, 0.29) is 12.7 Å². The molecule has 0 aliphatic carbocycles. The second-order valence-corrected chi connectivity index (χ2v) is 4.49. The minimum Gasteiger partial charge on any atom is -0.454 e. The number of ether oxygens (including phenoxy) is 2. The summed E-state index contributed by atoms with van der Waals surface area (Å²) in [5, 5.41) is 3.67. The monoisotopic (exact) mass is 296 g/mol. The maximum absolute atomic E-state index is 5.71. The highest BCUT2D eigenvalue weighted by Crippen LogP contribution is 2.45. The Kier molecular flexibility index (Phi) is 2.25. The number of nitrogens with two attached hydrogens (primary N) is 1. The fourth-order valence-electron chi connectivity index (χ4n) is 1.83. The van der Waals surface area contributed by atoms with E-state index in [2.05, 4.69) is 21.1 Å². The summed E-state index contributed by atoms with van der Waals surface area (Å²) in [6, 6.07) is 1.86. The van der Waals surface area contributed by atoms with E-state index in [1.165, 1.54) is 0 Å². The third kappa shape index (κ3) is 1.48. The van der Waals surface area contributed by atoms with Gasteiger partial charge in [-0.05, 0) is 28.9 Å². The molecular weight excluding hydrogens is 288 g/mol. The second kappa shape index (κ2) is 3.66. The normalized spacial score (nSPS) is 13.1. The molecule has 1 aliphatic rings. The highest BCUT2D eigenvalue weighted by atomic mass is 79.9. The minimum atomic E-state index is 0.241. The molecule has 1 aromatic carbocycles. The van der Waals surface area contributed by atoms with Gasteiger partial charge in [-0.3, -0.25) is 0 Å². The van der Waals surface area contributed by atoms with Gasteiger partial charge in [-0.25, -0.2) is 0 Å². The van der Waals surface area contributed by atoms with Crippen LogP contribution in [0.2, 0.25) is 0 Å². The average molecular weight is 297 g/mol. The molecule has 1 aliphatic heterocycles. The SMILES string of the molecule is Cc1c(Br)c(-c2cnoc2N)cc2c1OCO2. The number of anilines is 1. The van der Waals surface area contributed by atoms with Crippen LogP contribution < -0.4 is 15.2 Å². The fourth-order valence-corrected chi connectivity index (χ4v) is 2.34. The molecule has 0 radical (unpaired) electrons. The van der Waals surface area contributed by atoms with E-state index in [1.54, 1.807) is 6.20 Å². The lowest BCUT2D eigenvalue weighted by Gasteiger charge is -2.08. The first kappa shape index (κ1) is 10.5. The average Bonchev–Trinajstić information content (AvgIpc) is 2.92. The Morgan fingerprint density at radius 2 is 2.18 bits per heavy atom. The number of rotatable bonds is 1. The number of nitrogens with zero attached hydrogens (tertiary/aromatic N) is 1. The van der Waals surface area contributed by atoms with Crippen LogP contribution in [0.3, 0.4) is 0 Å². The maximum atomic E-state index is 5.71. The summed E-state index contributed by atoms with van der Waals surface area (Å²) in [5.74, 6) is 1.75. The van der Waals surface area contributed by atoms with Crippen LogP contribution in [0.15, 0.2) is 21.3 Å². The van der Waals surface area contributed by atoms with Crippen LogP contribution in [0.4, 0.5) is 5.88 Å². The van der Waals surface area contributed by atoms with Gasteiger partial charge in [0.25, 0.3) is 0 Å². The summed E-state index contributed by atoms with van der Waals surface area (Å²) in [7, 11) is 0. The van der Waals surface area contributed by atoms with Gasteiger partial charge in [0.1, 0.15) is 0 Å². The lowest BCUT2D eigenvalue weighted by Crippen LogP contribution is -1.93. The number of halogens is 1. The Bertz CT molecular complexity index is 595. The molecule has 0 bridgehead atoms. The van der Waals surface area contributed by atoms with E-state index < -0.39 is 0 Å². The molecule has 0 atom stereocenters. The van der Waals surface area contributed by atoms with Crippen molar-refractivity contribution in [2.75, 3.05) is 12.5 Å². The second-order valence-electron chi connectivity index (χ2n) is 3.70. The Balaban J connectivity index is 2.25. The van der Waals surface area contributed by atoms with Crippen molar-refractivity contribution in [1.29, 1.82) is 0 Å². The van der Waals surface area contributed by atoms with Crippen molar-refractivity contribution in [3.8, 4) is 22.6 Å². The summed E-state index contributed by atoms with van der Waals surface area (Å²) in [5.41, 5.74) is 8.30. The molecule has 0 spiro atoms. The van der Waals surface area contributed by atoms with Crippen LogP contribution in [0.25, 0.3) is 11.1 Å². The highest BCUT2D eigenvalue weighted by Gasteiger charge is 2.23. The highest BCUT2D eigenvalue weighted by molar-refractivity contribution is 9.10. The van der Waals surface area contributed by atoms with Gasteiger partial charge >= 0.3 is 0 Å². The molecule has 0 unspecified atom stereocenters. The molecule has 17 heavy (non-hydrogen) atoms. The van der Waals surface area contributed by atoms with E-state index >= 15 is 0 Å². The van der Waals surface area contributed by atoms with Crippen molar-refractivity contribution in [2.45, 2.75) is 6.92 Å². The molecule has 2 aromatic rings. The predicted molar refractivity (Wildman–Crippen MR) is 64.9 cm³/mol. The van der Waals surface area contributed by atoms with Crippen LogP contribution in [0, 0.1) is 6.92 Å². The standard InChI is InChI=1S/C11H9BrN2O3/c1-5-9(12)6(7-3-14-17-11(7)13)2-8-10(5)16-4-15-8/h2-3H,4,13H2,1H3. The van der Waals surface area contributed by atoms with Gasteiger partial charge in [0.05, 0.1) is 11.8 Å². The van der Waals surface area contributed by atoms with Gasteiger partial charge in [0.15, 0.2) is 11.5 Å². The summed E-state index contributed by atoms with van der Waals surface area (Å²) in [4.78, 5) is 0. The van der Waals surface area contributed by atoms with Crippen molar-refractivity contribution >= 4 is 21.8 Å². The largest absolute Gasteiger partial charge is 0.454 e. The van der Waals surface area contributed by atoms with E-state index in [0.717, 1.165) is 26.9 Å². The summed E-state index contributed by atoms with van der Waals surface area (Å²) in [6.07, 6.45) is 1.58. The number of nitrogen functional groups attached to an aromatic ring is 1. The smallest absolute Gasteiger partial charge is 0.231 e. The third-order valence-corrected chi connectivity index (χ3v) is 3.73. The summed E-state index contributed by atoms with van der Waals surface area (Å²) < 4.78 is 16.5. The Labute approximate surface area is 106 Å². The predicted octanol–water partition coefficient (Wildman–Crippen LogP) is 2.72. The molecule has 0 saturated heterocycles. The number of benzene rings is 1. The molecule has 88 valence electrons. The molecule has 0 saturated carbocycles. The molecule has 6 heteroatoms. The topological polar surface area (TPSA) is 70.5 Å². The molecular formula is C11H9BrN2O3. The lowest BCUT2D eigenvalue weighted by molar-refractivity contribution is 0.173. The molecule has 0 amide bonds. The van der Waals surface area contributed by atoms with Crippen molar-refractivity contribution in [3.05, 3.63) is 22.3 Å². The Hall–Kier alpha value is -1.69. The van der Waals surface area contributed by atoms with Gasteiger partial charge in [0, 0.05) is 15.6 Å². The fraction of sp³-hybridized carbons (Fsp3) is 0.182. The summed E-state index contributed by atoms with van der Waals surface area (Å²) in [6.45, 7) is 2.19. The van der Waals surface area contributed by atoms with Crippen LogP contribution in [0.1, 0.15) is 5.56 Å². The quantitative estimate of drug-likeness (QED) is 0.876. The first-order valence-corrected chi connectivity index (χ1v) is 5.77. The molecule has 3 rings (SSSR count). The molecule has 5 nitrogen and oxygen atoms in total. The van der Waals surface area contributed by atoms with Gasteiger partial charge in [0.2, 0.25) is 12.7 Å². The van der Waals surface area contributed by atoms with E-state index in [9.17, 15) is 0 Å². The number of hydrogen-bond acceptors (Lipinski definition) is 5. The molecule has 0 fully saturated rings. The first-order valence-electron chi connectivity index (χ1n) is 4.97. The number of fused-ring (bicyclic) bond motifs is 1. The van der Waals surface area contributed by atoms with Gasteiger partial charge in [-0.1, -0.05) is 5.16 Å². The van der Waals surface area contributed by atoms with Crippen molar-refractivity contribution in [1.82, 2.24) is 5.16 Å². The first-order chi connectivity index (χ1) is 8.18. The van der Waals surface area contributed by atoms with E-state index in [0.29, 0.717) is 5.75 Å². The zero-order valence-electron chi connectivity index (χ0n) is 8.99.